The molecule has 0 amide bonds. The number of carbonyl (C=O) groups excluding carboxylic acids is 1. The lowest BCUT2D eigenvalue weighted by atomic mass is 10.1. The Morgan fingerprint density at radius 2 is 1.85 bits per heavy atom. The maximum Gasteiger partial charge on any atom is 0.573 e. The van der Waals surface area contributed by atoms with Gasteiger partial charge in [0.25, 0.3) is 5.24 Å². The smallest absolute Gasteiger partial charge is 0.405 e. The van der Waals surface area contributed by atoms with Crippen LogP contribution in [0.4, 0.5) is 26.3 Å². The van der Waals surface area contributed by atoms with Gasteiger partial charge in [-0.2, -0.15) is 13.2 Å². The van der Waals surface area contributed by atoms with Crippen molar-refractivity contribution in [2.24, 2.45) is 0 Å². The van der Waals surface area contributed by atoms with Crippen molar-refractivity contribution < 1.29 is 35.9 Å². The van der Waals surface area contributed by atoms with Gasteiger partial charge in [0, 0.05) is 11.4 Å². The summed E-state index contributed by atoms with van der Waals surface area (Å²) in [6.07, 6.45) is -10.3. The zero-order valence-electron chi connectivity index (χ0n) is 9.07. The molecule has 112 valence electrons. The zero-order chi connectivity index (χ0) is 15.7. The molecule has 3 nitrogen and oxygen atoms in total. The second-order valence-corrected chi connectivity index (χ2v) is 4.18. The Balaban J connectivity index is 3.54. The molecule has 20 heavy (non-hydrogen) atoms. The number of pyridine rings is 1. The Hall–Kier alpha value is -1.03. The second kappa shape index (κ2) is 5.76. The van der Waals surface area contributed by atoms with E-state index < -0.39 is 45.8 Å². The molecule has 0 aliphatic carbocycles. The van der Waals surface area contributed by atoms with Crippen LogP contribution >= 0.6 is 27.5 Å². The highest BCUT2D eigenvalue weighted by Crippen LogP contribution is 2.36. The van der Waals surface area contributed by atoms with E-state index in [0.717, 1.165) is 0 Å². The summed E-state index contributed by atoms with van der Waals surface area (Å²) in [5.74, 6) is -1.35. The maximum absolute atomic E-state index is 12.5. The van der Waals surface area contributed by atoms with E-state index in [4.69, 9.17) is 11.6 Å². The summed E-state index contributed by atoms with van der Waals surface area (Å²) in [5, 5.41) is -1.83. The Kier molecular flexibility index (Phi) is 4.90. The molecule has 0 N–H and O–H groups in total. The molecule has 0 unspecified atom stereocenters. The number of carbonyl (C=O) groups is 1. The van der Waals surface area contributed by atoms with Crippen LogP contribution in [-0.4, -0.2) is 16.6 Å². The van der Waals surface area contributed by atoms with E-state index in [-0.39, 0.29) is 6.07 Å². The Labute approximate surface area is 121 Å². The van der Waals surface area contributed by atoms with Gasteiger partial charge in [-0.1, -0.05) is 15.9 Å². The molecule has 0 saturated carbocycles. The molecule has 11 heteroatoms. The SMILES string of the molecule is O=C(Cl)c1c(OC(F)(F)F)cc(C(F)(F)F)nc1CBr. The Morgan fingerprint density at radius 3 is 2.20 bits per heavy atom. The summed E-state index contributed by atoms with van der Waals surface area (Å²) in [6, 6.07) is -0.0325. The van der Waals surface area contributed by atoms with Gasteiger partial charge in [-0.15, -0.1) is 13.2 Å². The number of rotatable bonds is 3. The molecule has 0 spiro atoms. The summed E-state index contributed by atoms with van der Waals surface area (Å²) < 4.78 is 77.4. The van der Waals surface area contributed by atoms with Crippen molar-refractivity contribution in [1.29, 1.82) is 0 Å². The lowest BCUT2D eigenvalue weighted by molar-refractivity contribution is -0.274. The topological polar surface area (TPSA) is 39.2 Å². The van der Waals surface area contributed by atoms with Crippen molar-refractivity contribution in [2.75, 3.05) is 0 Å². The molecule has 0 radical (unpaired) electrons. The molecule has 0 aliphatic rings. The molecule has 0 fully saturated rings. The van der Waals surface area contributed by atoms with E-state index in [1.54, 1.807) is 0 Å². The molecule has 0 aromatic carbocycles. The molecule has 1 heterocycles. The minimum atomic E-state index is -5.28. The van der Waals surface area contributed by atoms with Gasteiger partial charge in [-0.3, -0.25) is 4.79 Å². The van der Waals surface area contributed by atoms with E-state index in [2.05, 4.69) is 25.7 Å². The van der Waals surface area contributed by atoms with Crippen molar-refractivity contribution in [3.63, 3.8) is 0 Å². The summed E-state index contributed by atoms with van der Waals surface area (Å²) in [6.45, 7) is 0. The Bertz CT molecular complexity index is 530. The highest BCUT2D eigenvalue weighted by Gasteiger charge is 2.38. The van der Waals surface area contributed by atoms with E-state index in [1.807, 2.05) is 0 Å². The third-order valence-electron chi connectivity index (χ3n) is 1.90. The Morgan fingerprint density at radius 1 is 1.30 bits per heavy atom. The molecule has 0 bridgehead atoms. The molecule has 0 aliphatic heterocycles. The van der Waals surface area contributed by atoms with E-state index >= 15 is 0 Å². The van der Waals surface area contributed by atoms with Gasteiger partial charge in [-0.25, -0.2) is 4.98 Å². The fourth-order valence-electron chi connectivity index (χ4n) is 1.23. The molecule has 1 aromatic heterocycles. The van der Waals surface area contributed by atoms with Crippen LogP contribution in [0.15, 0.2) is 6.07 Å². The van der Waals surface area contributed by atoms with Crippen molar-refractivity contribution in [3.8, 4) is 5.75 Å². The average molecular weight is 386 g/mol. The van der Waals surface area contributed by atoms with Crippen LogP contribution in [0.2, 0.25) is 0 Å². The molecule has 1 rings (SSSR count). The number of alkyl halides is 7. The van der Waals surface area contributed by atoms with Crippen molar-refractivity contribution in [2.45, 2.75) is 17.9 Å². The van der Waals surface area contributed by atoms with Crippen molar-refractivity contribution in [1.82, 2.24) is 4.98 Å². The van der Waals surface area contributed by atoms with Crippen molar-refractivity contribution in [3.05, 3.63) is 23.0 Å². The molecular formula is C9H3BrClF6NO2. The highest BCUT2D eigenvalue weighted by atomic mass is 79.9. The normalized spacial score (nSPS) is 12.4. The fourth-order valence-corrected chi connectivity index (χ4v) is 1.84. The van der Waals surface area contributed by atoms with Crippen LogP contribution in [0.5, 0.6) is 5.75 Å². The second-order valence-electron chi connectivity index (χ2n) is 3.28. The van der Waals surface area contributed by atoms with Crippen LogP contribution in [-0.2, 0) is 11.5 Å². The molecular weight excluding hydrogens is 383 g/mol. The first-order chi connectivity index (χ1) is 8.95. The lowest BCUT2D eigenvalue weighted by Crippen LogP contribution is -2.21. The number of hydrogen-bond donors (Lipinski definition) is 0. The first-order valence-corrected chi connectivity index (χ1v) is 6.08. The third-order valence-corrected chi connectivity index (χ3v) is 2.62. The van der Waals surface area contributed by atoms with Crippen LogP contribution in [0.1, 0.15) is 21.7 Å². The van der Waals surface area contributed by atoms with Gasteiger partial charge in [0.05, 0.1) is 11.3 Å². The first-order valence-electron chi connectivity index (χ1n) is 4.58. The number of ether oxygens (including phenoxy) is 1. The van der Waals surface area contributed by atoms with Gasteiger partial charge >= 0.3 is 12.5 Å². The minimum absolute atomic E-state index is 0.0325. The molecule has 0 saturated heterocycles. The van der Waals surface area contributed by atoms with Gasteiger partial charge in [0.1, 0.15) is 11.4 Å². The lowest BCUT2D eigenvalue weighted by Gasteiger charge is -2.16. The molecule has 0 atom stereocenters. The number of hydrogen-bond acceptors (Lipinski definition) is 3. The summed E-state index contributed by atoms with van der Waals surface area (Å²) >= 11 is 7.77. The number of aromatic nitrogens is 1. The van der Waals surface area contributed by atoms with Crippen LogP contribution in [0.25, 0.3) is 0 Å². The monoisotopic (exact) mass is 385 g/mol. The van der Waals surface area contributed by atoms with Crippen LogP contribution in [0.3, 0.4) is 0 Å². The van der Waals surface area contributed by atoms with E-state index in [1.165, 1.54) is 0 Å². The van der Waals surface area contributed by atoms with E-state index in [9.17, 15) is 31.1 Å². The predicted molar refractivity (Wildman–Crippen MR) is 58.7 cm³/mol. The third kappa shape index (κ3) is 4.23. The van der Waals surface area contributed by atoms with Crippen molar-refractivity contribution >= 4 is 32.8 Å². The average Bonchev–Trinajstić information content (AvgIpc) is 2.23. The van der Waals surface area contributed by atoms with Gasteiger partial charge < -0.3 is 4.74 Å². The zero-order valence-corrected chi connectivity index (χ0v) is 11.4. The standard InChI is InChI=1S/C9H3BrClF6NO2/c10-2-3-6(7(11)19)4(20-9(15,16)17)1-5(18-3)8(12,13)14/h1H,2H2. The largest absolute Gasteiger partial charge is 0.573 e. The first kappa shape index (κ1) is 17.0. The van der Waals surface area contributed by atoms with Crippen LogP contribution < -0.4 is 4.74 Å². The summed E-state index contributed by atoms with van der Waals surface area (Å²) in [5.41, 5.74) is -3.12. The van der Waals surface area contributed by atoms with Gasteiger partial charge in [-0.05, 0) is 11.6 Å². The number of nitrogens with zero attached hydrogens (tertiary/aromatic N) is 1. The molecule has 1 aromatic rings. The minimum Gasteiger partial charge on any atom is -0.405 e. The fraction of sp³-hybridized carbons (Fsp3) is 0.333. The summed E-state index contributed by atoms with van der Waals surface area (Å²) in [4.78, 5) is 14.1. The van der Waals surface area contributed by atoms with Crippen LogP contribution in [0, 0.1) is 0 Å². The maximum atomic E-state index is 12.5. The summed E-state index contributed by atoms with van der Waals surface area (Å²) in [7, 11) is 0. The predicted octanol–water partition coefficient (Wildman–Crippen LogP) is 4.27. The highest BCUT2D eigenvalue weighted by molar-refractivity contribution is 9.08. The van der Waals surface area contributed by atoms with Gasteiger partial charge in [0.15, 0.2) is 0 Å². The van der Waals surface area contributed by atoms with Gasteiger partial charge in [0.2, 0.25) is 0 Å². The number of halogens is 8. The quantitative estimate of drug-likeness (QED) is 0.442. The van der Waals surface area contributed by atoms with E-state index in [0.29, 0.717) is 0 Å².